The van der Waals surface area contributed by atoms with Crippen molar-refractivity contribution in [2.45, 2.75) is 30.7 Å². The van der Waals surface area contributed by atoms with Gasteiger partial charge >= 0.3 is 0 Å². The van der Waals surface area contributed by atoms with Crippen LogP contribution in [0.3, 0.4) is 0 Å². The van der Waals surface area contributed by atoms with Gasteiger partial charge in [-0.1, -0.05) is 36.4 Å². The molecule has 3 aliphatic rings. The van der Waals surface area contributed by atoms with Crippen LogP contribution in [0.15, 0.2) is 90.5 Å². The molecule has 0 bridgehead atoms. The molecule has 0 radical (unpaired) electrons. The molecule has 248 valence electrons. The van der Waals surface area contributed by atoms with E-state index in [1.165, 1.54) is 0 Å². The number of benzene rings is 4. The van der Waals surface area contributed by atoms with E-state index in [1.807, 2.05) is 54.6 Å². The van der Waals surface area contributed by atoms with E-state index in [-0.39, 0.29) is 11.7 Å². The number of aromatic nitrogens is 2. The predicted molar refractivity (Wildman–Crippen MR) is 189 cm³/mol. The summed E-state index contributed by atoms with van der Waals surface area (Å²) in [5.41, 5.74) is 6.21. The third kappa shape index (κ3) is 4.43. The van der Waals surface area contributed by atoms with E-state index in [0.29, 0.717) is 42.4 Å². The number of Topliss-reactive ketones (excluding diaryl/α,β-unsaturated/α-hetero) is 1. The number of ketones is 1. The average molecular weight is 654 g/mol. The number of fused-ring (bicyclic) bond motifs is 7. The van der Waals surface area contributed by atoms with Gasteiger partial charge in [-0.3, -0.25) is 9.69 Å². The molecule has 8 heteroatoms. The van der Waals surface area contributed by atoms with Crippen LogP contribution in [0.5, 0.6) is 23.0 Å². The fraction of sp³-hybridized carbons (Fsp3) is 0.293. The Morgan fingerprint density at radius 3 is 2.02 bits per heavy atom. The molecule has 0 N–H and O–H groups in total. The summed E-state index contributed by atoms with van der Waals surface area (Å²) in [4.78, 5) is 28.9. The molecule has 8 rings (SSSR count). The summed E-state index contributed by atoms with van der Waals surface area (Å²) in [7, 11) is 8.74. The van der Waals surface area contributed by atoms with Crippen LogP contribution in [-0.2, 0) is 10.3 Å². The predicted octanol–water partition coefficient (Wildman–Crippen LogP) is 7.44. The Morgan fingerprint density at radius 1 is 0.776 bits per heavy atom. The average Bonchev–Trinajstić information content (AvgIpc) is 3.58. The molecular formula is C41H39N3O5. The Kier molecular flexibility index (Phi) is 7.45. The first kappa shape index (κ1) is 31.1. The molecule has 2 heterocycles. The van der Waals surface area contributed by atoms with E-state index in [2.05, 4.69) is 48.3 Å². The van der Waals surface area contributed by atoms with Crippen LogP contribution in [-0.4, -0.2) is 62.7 Å². The standard InChI is InChI=1S/C41H39N3O5/c1-44-24-34(27-20-30(48-4)23-31(21-27)49-5)40(16-10-11-26(39(40)45)17-25-18-28(46-2)22-29(19-25)47-3)41(44)33-13-7-6-12-32(33)37-38(41)43-36-15-9-8-14-35(36)42-37/h6-9,12-15,17-23,34H,10-11,16,24H2,1-5H3. The lowest BCUT2D eigenvalue weighted by atomic mass is 9.53. The molecule has 2 aliphatic carbocycles. The molecule has 1 saturated heterocycles. The third-order valence-electron chi connectivity index (χ3n) is 11.0. The van der Waals surface area contributed by atoms with Gasteiger partial charge in [0.25, 0.3) is 0 Å². The van der Waals surface area contributed by atoms with E-state index in [4.69, 9.17) is 28.9 Å². The van der Waals surface area contributed by atoms with Gasteiger partial charge < -0.3 is 18.9 Å². The molecule has 1 aliphatic heterocycles. The maximum atomic E-state index is 15.9. The molecule has 8 nitrogen and oxygen atoms in total. The van der Waals surface area contributed by atoms with Crippen molar-refractivity contribution < 1.29 is 23.7 Å². The fourth-order valence-corrected chi connectivity index (χ4v) is 8.99. The maximum Gasteiger partial charge on any atom is 0.168 e. The van der Waals surface area contributed by atoms with E-state index in [0.717, 1.165) is 56.7 Å². The van der Waals surface area contributed by atoms with Crippen LogP contribution in [0.4, 0.5) is 0 Å². The Morgan fingerprint density at radius 2 is 1.37 bits per heavy atom. The van der Waals surface area contributed by atoms with Crippen molar-refractivity contribution in [3.05, 3.63) is 113 Å². The number of hydrogen-bond donors (Lipinski definition) is 0. The minimum Gasteiger partial charge on any atom is -0.497 e. The lowest BCUT2D eigenvalue weighted by molar-refractivity contribution is -0.132. The van der Waals surface area contributed by atoms with Crippen molar-refractivity contribution >= 4 is 22.9 Å². The lowest BCUT2D eigenvalue weighted by Gasteiger charge is -2.50. The number of hydrogen-bond acceptors (Lipinski definition) is 8. The van der Waals surface area contributed by atoms with Gasteiger partial charge in [-0.25, -0.2) is 9.97 Å². The van der Waals surface area contributed by atoms with E-state index >= 15 is 4.79 Å². The molecule has 1 aromatic heterocycles. The second-order valence-corrected chi connectivity index (χ2v) is 13.2. The summed E-state index contributed by atoms with van der Waals surface area (Å²) >= 11 is 0. The highest BCUT2D eigenvalue weighted by atomic mass is 16.5. The first-order chi connectivity index (χ1) is 23.9. The highest BCUT2D eigenvalue weighted by Crippen LogP contribution is 2.69. The van der Waals surface area contributed by atoms with Crippen LogP contribution < -0.4 is 18.9 Å². The van der Waals surface area contributed by atoms with Gasteiger partial charge in [0, 0.05) is 30.2 Å². The number of ether oxygens (including phenoxy) is 4. The topological polar surface area (TPSA) is 83.0 Å². The van der Waals surface area contributed by atoms with Gasteiger partial charge in [-0.15, -0.1) is 0 Å². The summed E-state index contributed by atoms with van der Waals surface area (Å²) in [5, 5.41) is 0. The minimum absolute atomic E-state index is 0.120. The Labute approximate surface area is 286 Å². The summed E-state index contributed by atoms with van der Waals surface area (Å²) in [6.45, 7) is 0.616. The molecule has 1 saturated carbocycles. The van der Waals surface area contributed by atoms with E-state index in [9.17, 15) is 0 Å². The van der Waals surface area contributed by atoms with Crippen molar-refractivity contribution in [2.24, 2.45) is 5.41 Å². The molecule has 3 atom stereocenters. The van der Waals surface area contributed by atoms with Crippen LogP contribution in [0.1, 0.15) is 47.6 Å². The highest BCUT2D eigenvalue weighted by molar-refractivity contribution is 6.07. The van der Waals surface area contributed by atoms with Crippen LogP contribution in [0.2, 0.25) is 0 Å². The number of carbonyl (C=O) groups excluding carboxylic acids is 1. The summed E-state index contributed by atoms with van der Waals surface area (Å²) < 4.78 is 22.7. The molecule has 3 unspecified atom stereocenters. The Hall–Kier alpha value is -5.21. The molecule has 4 aromatic carbocycles. The van der Waals surface area contributed by atoms with Gasteiger partial charge in [-0.2, -0.15) is 0 Å². The second-order valence-electron chi connectivity index (χ2n) is 13.2. The summed E-state index contributed by atoms with van der Waals surface area (Å²) in [6, 6.07) is 28.2. The van der Waals surface area contributed by atoms with Crippen molar-refractivity contribution in [3.8, 4) is 34.3 Å². The first-order valence-electron chi connectivity index (χ1n) is 16.7. The number of rotatable bonds is 6. The van der Waals surface area contributed by atoms with Crippen LogP contribution >= 0.6 is 0 Å². The quantitative estimate of drug-likeness (QED) is 0.175. The van der Waals surface area contributed by atoms with Crippen molar-refractivity contribution in [1.82, 2.24) is 14.9 Å². The number of likely N-dealkylation sites (tertiary alicyclic amines) is 1. The Bertz CT molecular complexity index is 2120. The number of likely N-dealkylation sites (N-methyl/N-ethyl adjacent to an activating group) is 1. The monoisotopic (exact) mass is 653 g/mol. The van der Waals surface area contributed by atoms with E-state index < -0.39 is 11.0 Å². The smallest absolute Gasteiger partial charge is 0.168 e. The zero-order chi connectivity index (χ0) is 33.9. The lowest BCUT2D eigenvalue weighted by Crippen LogP contribution is -2.56. The molecule has 49 heavy (non-hydrogen) atoms. The number of nitrogens with zero attached hydrogens (tertiary/aromatic N) is 3. The van der Waals surface area contributed by atoms with Crippen LogP contribution in [0, 0.1) is 5.41 Å². The second kappa shape index (κ2) is 11.7. The molecule has 5 aromatic rings. The van der Waals surface area contributed by atoms with Gasteiger partial charge in [-0.05, 0) is 91.0 Å². The number of carbonyl (C=O) groups is 1. The van der Waals surface area contributed by atoms with Crippen molar-refractivity contribution in [2.75, 3.05) is 42.0 Å². The van der Waals surface area contributed by atoms with Crippen LogP contribution in [0.25, 0.3) is 28.4 Å². The largest absolute Gasteiger partial charge is 0.497 e. The number of para-hydroxylation sites is 2. The van der Waals surface area contributed by atoms with Gasteiger partial charge in [0.1, 0.15) is 28.5 Å². The molecular weight excluding hydrogens is 614 g/mol. The van der Waals surface area contributed by atoms with Gasteiger partial charge in [0.05, 0.1) is 56.3 Å². The summed E-state index contributed by atoms with van der Waals surface area (Å²) in [5.74, 6) is 2.62. The molecule has 2 spiro atoms. The van der Waals surface area contributed by atoms with E-state index in [1.54, 1.807) is 28.4 Å². The number of allylic oxidation sites excluding steroid dienone is 1. The normalized spacial score (nSPS) is 23.7. The SMILES string of the molecule is COc1cc(C=C2CCCC3(C2=O)C(c2cc(OC)cc(OC)c2)CN(C)C32c3ccccc3-c3nc4ccccc4nc32)cc(OC)c1. The number of methoxy groups -OCH3 is 4. The summed E-state index contributed by atoms with van der Waals surface area (Å²) in [6.07, 6.45) is 4.18. The zero-order valence-electron chi connectivity index (χ0n) is 28.4. The zero-order valence-corrected chi connectivity index (χ0v) is 28.4. The Balaban J connectivity index is 1.44. The molecule has 0 amide bonds. The fourth-order valence-electron chi connectivity index (χ4n) is 8.99. The van der Waals surface area contributed by atoms with Crippen molar-refractivity contribution in [3.63, 3.8) is 0 Å². The highest BCUT2D eigenvalue weighted by Gasteiger charge is 2.72. The van der Waals surface area contributed by atoms with Gasteiger partial charge in [0.15, 0.2) is 5.78 Å². The minimum atomic E-state index is -0.940. The third-order valence-corrected chi connectivity index (χ3v) is 11.0. The van der Waals surface area contributed by atoms with Gasteiger partial charge in [0.2, 0.25) is 0 Å². The van der Waals surface area contributed by atoms with Crippen molar-refractivity contribution in [1.29, 1.82) is 0 Å². The first-order valence-corrected chi connectivity index (χ1v) is 16.7. The molecule has 2 fully saturated rings. The maximum absolute atomic E-state index is 15.9.